The minimum absolute atomic E-state index is 0.0508. The van der Waals surface area contributed by atoms with Crippen molar-refractivity contribution in [3.63, 3.8) is 0 Å². The second-order valence-corrected chi connectivity index (χ2v) is 5.59. The van der Waals surface area contributed by atoms with Crippen LogP contribution in [0.1, 0.15) is 16.7 Å². The number of rotatable bonds is 6. The van der Waals surface area contributed by atoms with Crippen molar-refractivity contribution >= 4 is 17.5 Å². The number of hydrogen-bond donors (Lipinski definition) is 1. The van der Waals surface area contributed by atoms with Gasteiger partial charge in [0.25, 0.3) is 0 Å². The standard InChI is InChI=1S/C18H20ClNO3/c1-12-6-4-5-7-13(12)9-18(21)20-11-14-8-16(22-2)17(23-3)10-15(14)19/h4-8,10H,9,11H2,1-3H3,(H,20,21). The van der Waals surface area contributed by atoms with Gasteiger partial charge in [-0.2, -0.15) is 0 Å². The van der Waals surface area contributed by atoms with Crippen molar-refractivity contribution in [2.24, 2.45) is 0 Å². The van der Waals surface area contributed by atoms with Crippen LogP contribution >= 0.6 is 11.6 Å². The molecule has 0 bridgehead atoms. The van der Waals surface area contributed by atoms with Crippen LogP contribution in [0.15, 0.2) is 36.4 Å². The Balaban J connectivity index is 2.03. The Morgan fingerprint density at radius 3 is 2.39 bits per heavy atom. The van der Waals surface area contributed by atoms with E-state index in [1.165, 1.54) is 0 Å². The predicted molar refractivity (Wildman–Crippen MR) is 91.3 cm³/mol. The number of carbonyl (C=O) groups excluding carboxylic acids is 1. The molecule has 122 valence electrons. The Morgan fingerprint density at radius 2 is 1.74 bits per heavy atom. The second kappa shape index (κ2) is 7.88. The molecular formula is C18H20ClNO3. The Labute approximate surface area is 141 Å². The molecule has 0 radical (unpaired) electrons. The van der Waals surface area contributed by atoms with Gasteiger partial charge in [0, 0.05) is 17.6 Å². The van der Waals surface area contributed by atoms with Gasteiger partial charge in [-0.3, -0.25) is 4.79 Å². The Hall–Kier alpha value is -2.20. The molecule has 5 heteroatoms. The van der Waals surface area contributed by atoms with Gasteiger partial charge >= 0.3 is 0 Å². The number of methoxy groups -OCH3 is 2. The summed E-state index contributed by atoms with van der Waals surface area (Å²) in [4.78, 5) is 12.1. The molecule has 0 atom stereocenters. The number of ether oxygens (including phenoxy) is 2. The third kappa shape index (κ3) is 4.39. The normalized spacial score (nSPS) is 10.3. The molecule has 0 aromatic heterocycles. The van der Waals surface area contributed by atoms with Gasteiger partial charge in [0.15, 0.2) is 11.5 Å². The molecule has 0 aliphatic heterocycles. The SMILES string of the molecule is COc1cc(Cl)c(CNC(=O)Cc2ccccc2C)cc1OC. The lowest BCUT2D eigenvalue weighted by Gasteiger charge is -2.12. The molecule has 4 nitrogen and oxygen atoms in total. The van der Waals surface area contributed by atoms with Gasteiger partial charge in [0.2, 0.25) is 5.91 Å². The van der Waals surface area contributed by atoms with Crippen molar-refractivity contribution < 1.29 is 14.3 Å². The fraction of sp³-hybridized carbons (Fsp3) is 0.278. The lowest BCUT2D eigenvalue weighted by Crippen LogP contribution is -2.25. The molecule has 0 spiro atoms. The van der Waals surface area contributed by atoms with Crippen molar-refractivity contribution in [1.82, 2.24) is 5.32 Å². The highest BCUT2D eigenvalue weighted by molar-refractivity contribution is 6.31. The third-order valence-corrected chi connectivity index (χ3v) is 3.99. The maximum atomic E-state index is 12.1. The molecule has 0 unspecified atom stereocenters. The zero-order valence-corrected chi connectivity index (χ0v) is 14.2. The monoisotopic (exact) mass is 333 g/mol. The molecule has 2 rings (SSSR count). The molecule has 0 saturated heterocycles. The number of halogens is 1. The molecule has 1 amide bonds. The highest BCUT2D eigenvalue weighted by Crippen LogP contribution is 2.32. The predicted octanol–water partition coefficient (Wildman–Crippen LogP) is 3.52. The van der Waals surface area contributed by atoms with Crippen LogP contribution in [0.2, 0.25) is 5.02 Å². The summed E-state index contributed by atoms with van der Waals surface area (Å²) < 4.78 is 10.4. The highest BCUT2D eigenvalue weighted by Gasteiger charge is 2.11. The van der Waals surface area contributed by atoms with Crippen LogP contribution in [0.3, 0.4) is 0 Å². The highest BCUT2D eigenvalue weighted by atomic mass is 35.5. The van der Waals surface area contributed by atoms with Crippen LogP contribution in [-0.2, 0) is 17.8 Å². The second-order valence-electron chi connectivity index (χ2n) is 5.18. The Kier molecular flexibility index (Phi) is 5.88. The van der Waals surface area contributed by atoms with Crippen LogP contribution in [0.5, 0.6) is 11.5 Å². The van der Waals surface area contributed by atoms with Crippen molar-refractivity contribution in [3.8, 4) is 11.5 Å². The van der Waals surface area contributed by atoms with Crippen LogP contribution in [0, 0.1) is 6.92 Å². The van der Waals surface area contributed by atoms with Gasteiger partial charge in [0.05, 0.1) is 20.6 Å². The number of carbonyl (C=O) groups is 1. The first-order chi connectivity index (χ1) is 11.0. The maximum Gasteiger partial charge on any atom is 0.224 e. The van der Waals surface area contributed by atoms with Crippen LogP contribution < -0.4 is 14.8 Å². The first-order valence-electron chi connectivity index (χ1n) is 7.26. The van der Waals surface area contributed by atoms with Crippen LogP contribution in [0.25, 0.3) is 0 Å². The minimum atomic E-state index is -0.0508. The van der Waals surface area contributed by atoms with E-state index in [4.69, 9.17) is 21.1 Å². The van der Waals surface area contributed by atoms with Gasteiger partial charge in [-0.1, -0.05) is 35.9 Å². The van der Waals surface area contributed by atoms with E-state index < -0.39 is 0 Å². The van der Waals surface area contributed by atoms with E-state index in [0.29, 0.717) is 29.5 Å². The summed E-state index contributed by atoms with van der Waals surface area (Å²) in [7, 11) is 3.12. The summed E-state index contributed by atoms with van der Waals surface area (Å²) in [6, 6.07) is 11.3. The summed E-state index contributed by atoms with van der Waals surface area (Å²) >= 11 is 6.22. The van der Waals surface area contributed by atoms with Crippen LogP contribution in [-0.4, -0.2) is 20.1 Å². The first kappa shape index (κ1) is 17.2. The molecule has 0 heterocycles. The van der Waals surface area contributed by atoms with Gasteiger partial charge in [-0.05, 0) is 29.7 Å². The zero-order chi connectivity index (χ0) is 16.8. The molecule has 0 saturated carbocycles. The topological polar surface area (TPSA) is 47.6 Å². The average molecular weight is 334 g/mol. The van der Waals surface area contributed by atoms with Crippen LogP contribution in [0.4, 0.5) is 0 Å². The van der Waals surface area contributed by atoms with Crippen molar-refractivity contribution in [2.75, 3.05) is 14.2 Å². The number of aryl methyl sites for hydroxylation is 1. The van der Waals surface area contributed by atoms with E-state index in [1.807, 2.05) is 31.2 Å². The molecule has 0 aliphatic carbocycles. The molecule has 2 aromatic rings. The summed E-state index contributed by atoms with van der Waals surface area (Å²) in [6.45, 7) is 2.33. The van der Waals surface area contributed by atoms with E-state index >= 15 is 0 Å². The molecule has 0 fully saturated rings. The third-order valence-electron chi connectivity index (χ3n) is 3.64. The fourth-order valence-corrected chi connectivity index (χ4v) is 2.49. The van der Waals surface area contributed by atoms with Gasteiger partial charge in [0.1, 0.15) is 0 Å². The Morgan fingerprint density at radius 1 is 1.09 bits per heavy atom. The van der Waals surface area contributed by atoms with Gasteiger partial charge in [-0.15, -0.1) is 0 Å². The van der Waals surface area contributed by atoms with Crippen molar-refractivity contribution in [1.29, 1.82) is 0 Å². The lowest BCUT2D eigenvalue weighted by molar-refractivity contribution is -0.120. The largest absolute Gasteiger partial charge is 0.493 e. The molecule has 2 aromatic carbocycles. The molecule has 0 aliphatic rings. The van der Waals surface area contributed by atoms with E-state index in [1.54, 1.807) is 26.4 Å². The smallest absolute Gasteiger partial charge is 0.224 e. The zero-order valence-electron chi connectivity index (χ0n) is 13.5. The molecule has 1 N–H and O–H groups in total. The van der Waals surface area contributed by atoms with E-state index in [-0.39, 0.29) is 5.91 Å². The van der Waals surface area contributed by atoms with Gasteiger partial charge < -0.3 is 14.8 Å². The summed E-state index contributed by atoms with van der Waals surface area (Å²) in [5.41, 5.74) is 2.90. The Bertz CT molecular complexity index is 701. The maximum absolute atomic E-state index is 12.1. The van der Waals surface area contributed by atoms with E-state index in [0.717, 1.165) is 16.7 Å². The van der Waals surface area contributed by atoms with Crippen molar-refractivity contribution in [3.05, 3.63) is 58.1 Å². The first-order valence-corrected chi connectivity index (χ1v) is 7.64. The number of benzene rings is 2. The quantitative estimate of drug-likeness (QED) is 0.879. The number of nitrogens with one attached hydrogen (secondary N) is 1. The van der Waals surface area contributed by atoms with Crippen molar-refractivity contribution in [2.45, 2.75) is 19.9 Å². The van der Waals surface area contributed by atoms with E-state index in [2.05, 4.69) is 5.32 Å². The summed E-state index contributed by atoms with van der Waals surface area (Å²) in [5, 5.41) is 3.41. The van der Waals surface area contributed by atoms with Gasteiger partial charge in [-0.25, -0.2) is 0 Å². The lowest BCUT2D eigenvalue weighted by atomic mass is 10.1. The number of amides is 1. The molecular weight excluding hydrogens is 314 g/mol. The summed E-state index contributed by atoms with van der Waals surface area (Å²) in [6.07, 6.45) is 0.345. The summed E-state index contributed by atoms with van der Waals surface area (Å²) in [5.74, 6) is 1.10. The number of hydrogen-bond acceptors (Lipinski definition) is 3. The fourth-order valence-electron chi connectivity index (χ4n) is 2.27. The minimum Gasteiger partial charge on any atom is -0.493 e. The average Bonchev–Trinajstić information content (AvgIpc) is 2.55. The van der Waals surface area contributed by atoms with E-state index in [9.17, 15) is 4.79 Å². The molecule has 23 heavy (non-hydrogen) atoms.